The van der Waals surface area contributed by atoms with E-state index in [9.17, 15) is 13.6 Å². The van der Waals surface area contributed by atoms with Crippen LogP contribution in [0.1, 0.15) is 12.8 Å². The molecule has 0 spiro atoms. The van der Waals surface area contributed by atoms with Crippen LogP contribution in [0.25, 0.3) is 10.9 Å². The Morgan fingerprint density at radius 1 is 1.35 bits per heavy atom. The molecule has 0 saturated carbocycles. The van der Waals surface area contributed by atoms with E-state index in [0.29, 0.717) is 37.1 Å². The number of fused-ring (bicyclic) bond motifs is 1. The Hall–Kier alpha value is -2.28. The minimum atomic E-state index is -0.723. The van der Waals surface area contributed by atoms with Gasteiger partial charge in [-0.15, -0.1) is 0 Å². The second-order valence-electron chi connectivity index (χ2n) is 5.75. The van der Waals surface area contributed by atoms with Crippen molar-refractivity contribution < 1.29 is 18.3 Å². The monoisotopic (exact) mass is 321 g/mol. The largest absolute Gasteiger partial charge is 0.383 e. The third-order valence-corrected chi connectivity index (χ3v) is 4.35. The summed E-state index contributed by atoms with van der Waals surface area (Å²) in [6, 6.07) is 3.63. The molecule has 122 valence electrons. The van der Waals surface area contributed by atoms with Crippen molar-refractivity contribution in [1.82, 2.24) is 4.98 Å². The van der Waals surface area contributed by atoms with E-state index in [-0.39, 0.29) is 12.1 Å². The summed E-state index contributed by atoms with van der Waals surface area (Å²) in [6.45, 7) is 1.21. The number of amides is 1. The van der Waals surface area contributed by atoms with Gasteiger partial charge < -0.3 is 15.8 Å². The summed E-state index contributed by atoms with van der Waals surface area (Å²) >= 11 is 0. The van der Waals surface area contributed by atoms with Gasteiger partial charge in [0.15, 0.2) is 5.82 Å². The average molecular weight is 321 g/mol. The van der Waals surface area contributed by atoms with E-state index in [2.05, 4.69) is 10.3 Å². The SMILES string of the molecule is NC(=O)C1(CNc2ccnc3c(F)cc(F)cc23)CCOCC1. The van der Waals surface area contributed by atoms with Gasteiger partial charge in [0.1, 0.15) is 11.3 Å². The zero-order valence-corrected chi connectivity index (χ0v) is 12.4. The van der Waals surface area contributed by atoms with E-state index in [1.807, 2.05) is 0 Å². The number of primary amides is 1. The average Bonchev–Trinajstić information content (AvgIpc) is 2.53. The van der Waals surface area contributed by atoms with Crippen molar-refractivity contribution in [3.63, 3.8) is 0 Å². The Bertz CT molecular complexity index is 745. The minimum Gasteiger partial charge on any atom is -0.383 e. The number of anilines is 1. The Morgan fingerprint density at radius 2 is 2.09 bits per heavy atom. The van der Waals surface area contributed by atoms with Gasteiger partial charge in [-0.1, -0.05) is 0 Å². The number of carbonyl (C=O) groups excluding carboxylic acids is 1. The van der Waals surface area contributed by atoms with Crippen LogP contribution >= 0.6 is 0 Å². The van der Waals surface area contributed by atoms with Crippen LogP contribution in [-0.4, -0.2) is 30.6 Å². The lowest BCUT2D eigenvalue weighted by Gasteiger charge is -2.34. The molecule has 2 aromatic rings. The van der Waals surface area contributed by atoms with Crippen LogP contribution in [0.4, 0.5) is 14.5 Å². The minimum absolute atomic E-state index is 0.0801. The summed E-state index contributed by atoms with van der Waals surface area (Å²) in [5.74, 6) is -1.80. The molecule has 1 aromatic heterocycles. The Morgan fingerprint density at radius 3 is 2.78 bits per heavy atom. The van der Waals surface area contributed by atoms with Crippen LogP contribution in [0.3, 0.4) is 0 Å². The van der Waals surface area contributed by atoms with Crippen LogP contribution in [-0.2, 0) is 9.53 Å². The molecule has 0 atom stereocenters. The van der Waals surface area contributed by atoms with Crippen LogP contribution in [0, 0.1) is 17.0 Å². The first-order chi connectivity index (χ1) is 11.0. The van der Waals surface area contributed by atoms with Crippen LogP contribution < -0.4 is 11.1 Å². The molecule has 2 heterocycles. The molecule has 1 fully saturated rings. The molecule has 3 N–H and O–H groups in total. The molecule has 23 heavy (non-hydrogen) atoms. The standard InChI is InChI=1S/C16H17F2N3O2/c17-10-7-11-13(1-4-20-14(11)12(18)8-10)21-9-16(15(19)22)2-5-23-6-3-16/h1,4,7-8H,2-3,5-6,9H2,(H2,19,22)(H,20,21). The lowest BCUT2D eigenvalue weighted by atomic mass is 9.79. The number of carbonyl (C=O) groups is 1. The quantitative estimate of drug-likeness (QED) is 0.905. The van der Waals surface area contributed by atoms with Gasteiger partial charge in [-0.25, -0.2) is 8.78 Å². The molecule has 1 saturated heterocycles. The summed E-state index contributed by atoms with van der Waals surface area (Å²) in [7, 11) is 0. The molecule has 1 aromatic carbocycles. The number of hydrogen-bond donors (Lipinski definition) is 2. The normalized spacial score (nSPS) is 17.1. The van der Waals surface area contributed by atoms with Crippen LogP contribution in [0.2, 0.25) is 0 Å². The summed E-state index contributed by atoms with van der Waals surface area (Å²) < 4.78 is 32.6. The van der Waals surface area contributed by atoms with E-state index in [1.165, 1.54) is 12.3 Å². The van der Waals surface area contributed by atoms with E-state index < -0.39 is 23.0 Å². The smallest absolute Gasteiger partial charge is 0.225 e. The lowest BCUT2D eigenvalue weighted by Crippen LogP contribution is -2.46. The number of rotatable bonds is 4. The van der Waals surface area contributed by atoms with Gasteiger partial charge >= 0.3 is 0 Å². The van der Waals surface area contributed by atoms with E-state index in [0.717, 1.165) is 6.07 Å². The zero-order valence-electron chi connectivity index (χ0n) is 12.4. The first kappa shape index (κ1) is 15.6. The molecule has 7 heteroatoms. The number of aromatic nitrogens is 1. The number of hydrogen-bond acceptors (Lipinski definition) is 4. The topological polar surface area (TPSA) is 77.2 Å². The fraction of sp³-hybridized carbons (Fsp3) is 0.375. The number of nitrogens with two attached hydrogens (primary N) is 1. The zero-order chi connectivity index (χ0) is 16.4. The number of halogens is 2. The van der Waals surface area contributed by atoms with Gasteiger partial charge in [0, 0.05) is 43.1 Å². The highest BCUT2D eigenvalue weighted by atomic mass is 19.1. The molecule has 0 radical (unpaired) electrons. The van der Waals surface area contributed by atoms with Gasteiger partial charge in [0.2, 0.25) is 5.91 Å². The van der Waals surface area contributed by atoms with Crippen molar-refractivity contribution in [1.29, 1.82) is 0 Å². The van der Waals surface area contributed by atoms with E-state index in [1.54, 1.807) is 6.07 Å². The molecule has 1 aliphatic heterocycles. The van der Waals surface area contributed by atoms with Crippen LogP contribution in [0.15, 0.2) is 24.4 Å². The second-order valence-corrected chi connectivity index (χ2v) is 5.75. The Balaban J connectivity index is 1.91. The molecule has 0 aliphatic carbocycles. The maximum Gasteiger partial charge on any atom is 0.225 e. The molecule has 5 nitrogen and oxygen atoms in total. The summed E-state index contributed by atoms with van der Waals surface area (Å²) in [4.78, 5) is 15.8. The predicted molar refractivity (Wildman–Crippen MR) is 81.8 cm³/mol. The van der Waals surface area contributed by atoms with E-state index >= 15 is 0 Å². The summed E-state index contributed by atoms with van der Waals surface area (Å²) in [6.07, 6.45) is 2.47. The number of benzene rings is 1. The maximum absolute atomic E-state index is 13.8. The molecule has 0 bridgehead atoms. The molecular weight excluding hydrogens is 304 g/mol. The summed E-state index contributed by atoms with van der Waals surface area (Å²) in [5.41, 5.74) is 5.43. The van der Waals surface area contributed by atoms with Crippen LogP contribution in [0.5, 0.6) is 0 Å². The highest BCUT2D eigenvalue weighted by Gasteiger charge is 2.38. The van der Waals surface area contributed by atoms with Crippen molar-refractivity contribution in [3.05, 3.63) is 36.0 Å². The molecule has 0 unspecified atom stereocenters. The van der Waals surface area contributed by atoms with Crippen molar-refractivity contribution in [2.75, 3.05) is 25.1 Å². The maximum atomic E-state index is 13.8. The van der Waals surface area contributed by atoms with Gasteiger partial charge in [0.05, 0.1) is 5.41 Å². The molecule has 3 rings (SSSR count). The van der Waals surface area contributed by atoms with Crippen molar-refractivity contribution in [2.24, 2.45) is 11.1 Å². The van der Waals surface area contributed by atoms with E-state index in [4.69, 9.17) is 10.5 Å². The highest BCUT2D eigenvalue weighted by Crippen LogP contribution is 2.32. The lowest BCUT2D eigenvalue weighted by molar-refractivity contribution is -0.132. The fourth-order valence-corrected chi connectivity index (χ4v) is 2.87. The number of nitrogens with zero attached hydrogens (tertiary/aromatic N) is 1. The van der Waals surface area contributed by atoms with Gasteiger partial charge in [0.25, 0.3) is 0 Å². The third kappa shape index (κ3) is 2.96. The Labute approximate surface area is 131 Å². The van der Waals surface area contributed by atoms with Gasteiger partial charge in [-0.05, 0) is 25.0 Å². The summed E-state index contributed by atoms with van der Waals surface area (Å²) in [5, 5.41) is 3.43. The van der Waals surface area contributed by atoms with Gasteiger partial charge in [-0.2, -0.15) is 0 Å². The first-order valence-electron chi connectivity index (χ1n) is 7.37. The predicted octanol–water partition coefficient (Wildman–Crippen LogP) is 2.21. The van der Waals surface area contributed by atoms with Gasteiger partial charge in [-0.3, -0.25) is 9.78 Å². The number of ether oxygens (including phenoxy) is 1. The number of nitrogens with one attached hydrogen (secondary N) is 1. The Kier molecular flexibility index (Phi) is 4.12. The molecule has 1 aliphatic rings. The number of pyridine rings is 1. The van der Waals surface area contributed by atoms with Crippen molar-refractivity contribution in [3.8, 4) is 0 Å². The first-order valence-corrected chi connectivity index (χ1v) is 7.37. The second kappa shape index (κ2) is 6.08. The highest BCUT2D eigenvalue weighted by molar-refractivity contribution is 5.91. The third-order valence-electron chi connectivity index (χ3n) is 4.35. The molecule has 1 amide bonds. The molecular formula is C16H17F2N3O2. The fourth-order valence-electron chi connectivity index (χ4n) is 2.87. The van der Waals surface area contributed by atoms with Crippen molar-refractivity contribution in [2.45, 2.75) is 12.8 Å². The van der Waals surface area contributed by atoms with Crippen molar-refractivity contribution >= 4 is 22.5 Å².